The van der Waals surface area contributed by atoms with Gasteiger partial charge in [0.25, 0.3) is 0 Å². The Kier molecular flexibility index (Phi) is 4.53. The largest absolute Gasteiger partial charge is 0.507 e. The summed E-state index contributed by atoms with van der Waals surface area (Å²) in [6.45, 7) is 5.40. The van der Waals surface area contributed by atoms with E-state index in [1.54, 1.807) is 24.3 Å². The number of aliphatic carboxylic acids is 1. The Balaban J connectivity index is 3.04. The Hall–Kier alpha value is -2.04. The van der Waals surface area contributed by atoms with E-state index in [4.69, 9.17) is 10.2 Å². The summed E-state index contributed by atoms with van der Waals surface area (Å²) >= 11 is 0. The first-order chi connectivity index (χ1) is 8.75. The zero-order valence-electron chi connectivity index (χ0n) is 11.2. The number of carbonyl (C=O) groups is 2. The van der Waals surface area contributed by atoms with Crippen LogP contribution in [0.15, 0.2) is 24.3 Å². The lowest BCUT2D eigenvalue weighted by molar-refractivity contribution is -0.159. The molecule has 0 amide bonds. The third-order valence-electron chi connectivity index (χ3n) is 2.85. The summed E-state index contributed by atoms with van der Waals surface area (Å²) in [5, 5.41) is 17.8. The lowest BCUT2D eigenvalue weighted by Gasteiger charge is -2.24. The molecule has 1 rings (SSSR count). The molecule has 0 aliphatic rings. The van der Waals surface area contributed by atoms with E-state index in [2.05, 4.69) is 18.6 Å². The van der Waals surface area contributed by atoms with E-state index in [1.807, 2.05) is 0 Å². The molecule has 5 nitrogen and oxygen atoms in total. The first-order valence-electron chi connectivity index (χ1n) is 6.00. The van der Waals surface area contributed by atoms with Gasteiger partial charge >= 0.3 is 12.1 Å². The van der Waals surface area contributed by atoms with Crippen molar-refractivity contribution in [2.24, 2.45) is 5.92 Å². The van der Waals surface area contributed by atoms with E-state index in [9.17, 15) is 9.59 Å². The summed E-state index contributed by atoms with van der Waals surface area (Å²) in [7, 11) is 0. The van der Waals surface area contributed by atoms with Crippen LogP contribution in [0.3, 0.4) is 0 Å². The van der Waals surface area contributed by atoms with Gasteiger partial charge < -0.3 is 14.9 Å². The fraction of sp³-hybridized carbons (Fsp3) is 0.429. The highest BCUT2D eigenvalue weighted by Crippen LogP contribution is 2.26. The highest BCUT2D eigenvalue weighted by Gasteiger charge is 2.39. The molecule has 5 heteroatoms. The second-order valence-corrected chi connectivity index (χ2v) is 5.00. The van der Waals surface area contributed by atoms with Crippen LogP contribution in [-0.4, -0.2) is 22.3 Å². The molecule has 1 aromatic carbocycles. The second kappa shape index (κ2) is 5.73. The Morgan fingerprint density at radius 2 is 1.74 bits per heavy atom. The maximum absolute atomic E-state index is 11.2. The zero-order valence-corrected chi connectivity index (χ0v) is 11.2. The summed E-state index contributed by atoms with van der Waals surface area (Å²) in [5.41, 5.74) is -0.515. The molecule has 0 spiro atoms. The topological polar surface area (TPSA) is 83.8 Å². The quantitative estimate of drug-likeness (QED) is 0.800. The number of carboxylic acid groups (broad SMARTS) is 2. The van der Waals surface area contributed by atoms with Crippen LogP contribution in [-0.2, 0) is 21.6 Å². The van der Waals surface area contributed by atoms with Crippen molar-refractivity contribution in [3.8, 4) is 0 Å². The Morgan fingerprint density at radius 1 is 1.21 bits per heavy atom. The number of carboxylic acids is 1. The molecule has 2 N–H and O–H groups in total. The lowest BCUT2D eigenvalue weighted by Crippen LogP contribution is -2.37. The summed E-state index contributed by atoms with van der Waals surface area (Å²) < 4.78 is 4.52. The average Bonchev–Trinajstić information content (AvgIpc) is 2.27. The van der Waals surface area contributed by atoms with Crippen molar-refractivity contribution in [2.45, 2.75) is 32.8 Å². The van der Waals surface area contributed by atoms with Gasteiger partial charge in [-0.1, -0.05) is 38.1 Å². The van der Waals surface area contributed by atoms with Crippen molar-refractivity contribution < 1.29 is 24.5 Å². The van der Waals surface area contributed by atoms with Crippen molar-refractivity contribution in [3.63, 3.8) is 0 Å². The highest BCUT2D eigenvalue weighted by molar-refractivity contribution is 5.81. The number of hydrogen-bond acceptors (Lipinski definition) is 3. The molecule has 0 fully saturated rings. The van der Waals surface area contributed by atoms with Crippen LogP contribution in [0.4, 0.5) is 4.79 Å². The molecule has 0 heterocycles. The standard InChI is InChI=1S/C14H18O5/c1-9(2)8-10-4-6-11(7-5-10)14(3,12(15)16)19-13(17)18/h4-7,9H,8H2,1-3H3,(H,15,16)(H,17,18). The van der Waals surface area contributed by atoms with Gasteiger partial charge in [0.1, 0.15) is 0 Å². The first-order valence-corrected chi connectivity index (χ1v) is 6.00. The Morgan fingerprint density at radius 3 is 2.11 bits per heavy atom. The predicted molar refractivity (Wildman–Crippen MR) is 69.1 cm³/mol. The summed E-state index contributed by atoms with van der Waals surface area (Å²) in [6.07, 6.45) is -0.736. The van der Waals surface area contributed by atoms with Gasteiger partial charge in [-0.3, -0.25) is 0 Å². The number of rotatable bonds is 5. The van der Waals surface area contributed by atoms with Gasteiger partial charge in [-0.25, -0.2) is 9.59 Å². The fourth-order valence-electron chi connectivity index (χ4n) is 1.83. The average molecular weight is 266 g/mol. The molecule has 104 valence electrons. The van der Waals surface area contributed by atoms with Crippen LogP contribution < -0.4 is 0 Å². The fourth-order valence-corrected chi connectivity index (χ4v) is 1.83. The summed E-state index contributed by atoms with van der Waals surface area (Å²) in [6, 6.07) is 6.77. The minimum Gasteiger partial charge on any atom is -0.478 e. The molecule has 0 saturated carbocycles. The molecule has 1 unspecified atom stereocenters. The molecular formula is C14H18O5. The van der Waals surface area contributed by atoms with Gasteiger partial charge in [-0.05, 0) is 24.8 Å². The van der Waals surface area contributed by atoms with E-state index in [-0.39, 0.29) is 0 Å². The second-order valence-electron chi connectivity index (χ2n) is 5.00. The van der Waals surface area contributed by atoms with Crippen molar-refractivity contribution in [2.75, 3.05) is 0 Å². The van der Waals surface area contributed by atoms with Gasteiger partial charge in [0.05, 0.1) is 0 Å². The van der Waals surface area contributed by atoms with Gasteiger partial charge in [-0.2, -0.15) is 0 Å². The van der Waals surface area contributed by atoms with Crippen LogP contribution in [0.5, 0.6) is 0 Å². The molecule has 0 aromatic heterocycles. The Bertz CT molecular complexity index is 463. The normalized spacial score (nSPS) is 13.9. The minimum absolute atomic E-state index is 0.301. The van der Waals surface area contributed by atoms with Gasteiger partial charge in [0, 0.05) is 5.56 Å². The molecule has 0 aliphatic heterocycles. The van der Waals surface area contributed by atoms with Gasteiger partial charge in [0.15, 0.2) is 0 Å². The highest BCUT2D eigenvalue weighted by atomic mass is 16.7. The molecule has 19 heavy (non-hydrogen) atoms. The SMILES string of the molecule is CC(C)Cc1ccc(C(C)(OC(=O)O)C(=O)O)cc1. The van der Waals surface area contributed by atoms with Crippen LogP contribution >= 0.6 is 0 Å². The maximum Gasteiger partial charge on any atom is 0.507 e. The van der Waals surface area contributed by atoms with Crippen LogP contribution in [0.2, 0.25) is 0 Å². The summed E-state index contributed by atoms with van der Waals surface area (Å²) in [5.74, 6) is -0.849. The number of benzene rings is 1. The number of ether oxygens (including phenoxy) is 1. The Labute approximate surface area is 111 Å². The zero-order chi connectivity index (χ0) is 14.6. The van der Waals surface area contributed by atoms with Crippen molar-refractivity contribution in [1.29, 1.82) is 0 Å². The van der Waals surface area contributed by atoms with E-state index < -0.39 is 17.7 Å². The molecular weight excluding hydrogens is 248 g/mol. The minimum atomic E-state index is -1.89. The van der Waals surface area contributed by atoms with Crippen molar-refractivity contribution in [1.82, 2.24) is 0 Å². The first kappa shape index (κ1) is 15.0. The monoisotopic (exact) mass is 266 g/mol. The third-order valence-corrected chi connectivity index (χ3v) is 2.85. The van der Waals surface area contributed by atoms with Crippen LogP contribution in [0.25, 0.3) is 0 Å². The predicted octanol–water partition coefficient (Wildman–Crippen LogP) is 2.88. The van der Waals surface area contributed by atoms with E-state index in [1.165, 1.54) is 6.92 Å². The molecule has 1 atom stereocenters. The van der Waals surface area contributed by atoms with E-state index in [0.717, 1.165) is 12.0 Å². The van der Waals surface area contributed by atoms with Crippen molar-refractivity contribution in [3.05, 3.63) is 35.4 Å². The van der Waals surface area contributed by atoms with Gasteiger partial charge in [-0.15, -0.1) is 0 Å². The summed E-state index contributed by atoms with van der Waals surface area (Å²) in [4.78, 5) is 21.9. The lowest BCUT2D eigenvalue weighted by atomic mass is 9.93. The number of hydrogen-bond donors (Lipinski definition) is 2. The maximum atomic E-state index is 11.2. The van der Waals surface area contributed by atoms with Crippen LogP contribution in [0, 0.1) is 5.92 Å². The molecule has 0 radical (unpaired) electrons. The molecule has 0 aliphatic carbocycles. The van der Waals surface area contributed by atoms with Gasteiger partial charge in [0.2, 0.25) is 5.60 Å². The van der Waals surface area contributed by atoms with Crippen LogP contribution in [0.1, 0.15) is 31.9 Å². The van der Waals surface area contributed by atoms with E-state index in [0.29, 0.717) is 11.5 Å². The smallest absolute Gasteiger partial charge is 0.478 e. The van der Waals surface area contributed by atoms with Crippen molar-refractivity contribution >= 4 is 12.1 Å². The molecule has 0 saturated heterocycles. The molecule has 0 bridgehead atoms. The van der Waals surface area contributed by atoms with E-state index >= 15 is 0 Å². The third kappa shape index (κ3) is 3.71. The molecule has 1 aromatic rings.